The van der Waals surface area contributed by atoms with Crippen LogP contribution in [0.1, 0.15) is 29.2 Å². The number of nitrogens with one attached hydrogen (secondary N) is 2. The molecule has 1 aliphatic heterocycles. The van der Waals surface area contributed by atoms with Crippen LogP contribution in [0.3, 0.4) is 0 Å². The molecule has 1 aliphatic rings. The van der Waals surface area contributed by atoms with Crippen LogP contribution in [-0.2, 0) is 17.1 Å². The molecular formula is C21H23N5O2S2. The maximum atomic E-state index is 11.5. The summed E-state index contributed by atoms with van der Waals surface area (Å²) in [5.74, 6) is 0. The van der Waals surface area contributed by atoms with Crippen LogP contribution < -0.4 is 14.9 Å². The second kappa shape index (κ2) is 7.73. The minimum atomic E-state index is -3.33. The third-order valence-corrected chi connectivity index (χ3v) is 6.18. The Kier molecular flexibility index (Phi) is 5.25. The third-order valence-electron chi connectivity index (χ3n) is 5.26. The number of thiocarbonyl (C=S) groups is 1. The van der Waals surface area contributed by atoms with Crippen LogP contribution >= 0.6 is 12.2 Å². The Morgan fingerprint density at radius 3 is 2.40 bits per heavy atom. The van der Waals surface area contributed by atoms with Gasteiger partial charge in [-0.15, -0.1) is 0 Å². The highest BCUT2D eigenvalue weighted by Crippen LogP contribution is 2.41. The molecule has 1 fully saturated rings. The Morgan fingerprint density at radius 2 is 1.83 bits per heavy atom. The molecular weight excluding hydrogens is 418 g/mol. The van der Waals surface area contributed by atoms with E-state index in [0.29, 0.717) is 10.8 Å². The van der Waals surface area contributed by atoms with E-state index in [4.69, 9.17) is 12.2 Å². The number of sulfonamides is 1. The lowest BCUT2D eigenvalue weighted by atomic mass is 10.0. The number of anilines is 2. The summed E-state index contributed by atoms with van der Waals surface area (Å²) in [6, 6.07) is 17.0. The molecule has 3 aromatic rings. The fraction of sp³-hybridized carbons (Fsp3) is 0.238. The molecule has 1 saturated heterocycles. The zero-order valence-corrected chi connectivity index (χ0v) is 18.5. The molecule has 7 nitrogen and oxygen atoms in total. The van der Waals surface area contributed by atoms with Crippen LogP contribution in [0.5, 0.6) is 0 Å². The van der Waals surface area contributed by atoms with E-state index in [2.05, 4.69) is 43.5 Å². The molecule has 2 N–H and O–H groups in total. The first kappa shape index (κ1) is 20.4. The topological polar surface area (TPSA) is 79.3 Å². The van der Waals surface area contributed by atoms with Crippen molar-refractivity contribution in [3.05, 3.63) is 77.9 Å². The number of nitrogens with zero attached hydrogens (tertiary/aromatic N) is 3. The number of rotatable bonds is 5. The zero-order chi connectivity index (χ0) is 21.5. The first-order valence-electron chi connectivity index (χ1n) is 9.45. The lowest BCUT2D eigenvalue weighted by Crippen LogP contribution is -2.30. The quantitative estimate of drug-likeness (QED) is 0.592. The average molecular weight is 442 g/mol. The first-order chi connectivity index (χ1) is 14.2. The predicted octanol–water partition coefficient (Wildman–Crippen LogP) is 3.28. The molecule has 156 valence electrons. The third kappa shape index (κ3) is 3.90. The number of aromatic nitrogens is 2. The smallest absolute Gasteiger partial charge is 0.229 e. The van der Waals surface area contributed by atoms with Gasteiger partial charge in [0.1, 0.15) is 6.04 Å². The number of hydrogen-bond acceptors (Lipinski definition) is 4. The molecule has 0 bridgehead atoms. The summed E-state index contributed by atoms with van der Waals surface area (Å²) in [4.78, 5) is 6.62. The van der Waals surface area contributed by atoms with Gasteiger partial charge < -0.3 is 14.8 Å². The summed E-state index contributed by atoms with van der Waals surface area (Å²) in [5.41, 5.74) is 4.53. The van der Waals surface area contributed by atoms with Crippen LogP contribution in [0.15, 0.2) is 60.8 Å². The van der Waals surface area contributed by atoms with Gasteiger partial charge in [0.2, 0.25) is 10.0 Å². The van der Waals surface area contributed by atoms with E-state index in [1.807, 2.05) is 37.4 Å². The fourth-order valence-electron chi connectivity index (χ4n) is 3.77. The van der Waals surface area contributed by atoms with Gasteiger partial charge in [-0.05, 0) is 67.7 Å². The van der Waals surface area contributed by atoms with Crippen molar-refractivity contribution in [2.75, 3.05) is 15.9 Å². The van der Waals surface area contributed by atoms with Crippen molar-refractivity contribution in [1.29, 1.82) is 0 Å². The van der Waals surface area contributed by atoms with Gasteiger partial charge in [-0.3, -0.25) is 9.71 Å². The van der Waals surface area contributed by atoms with Gasteiger partial charge in [0, 0.05) is 36.0 Å². The summed E-state index contributed by atoms with van der Waals surface area (Å²) < 4.78 is 27.7. The lowest BCUT2D eigenvalue weighted by molar-refractivity contribution is 0.539. The molecule has 0 spiro atoms. The molecule has 0 saturated carbocycles. The van der Waals surface area contributed by atoms with Gasteiger partial charge in [-0.1, -0.05) is 6.07 Å². The fourth-order valence-corrected chi connectivity index (χ4v) is 4.68. The van der Waals surface area contributed by atoms with Gasteiger partial charge in [0.25, 0.3) is 0 Å². The second-order valence-electron chi connectivity index (χ2n) is 7.38. The molecule has 2 atom stereocenters. The molecule has 2 aromatic heterocycles. The molecule has 30 heavy (non-hydrogen) atoms. The number of pyridine rings is 1. The lowest BCUT2D eigenvalue weighted by Gasteiger charge is -2.28. The first-order valence-corrected chi connectivity index (χ1v) is 11.8. The second-order valence-corrected chi connectivity index (χ2v) is 9.51. The monoisotopic (exact) mass is 441 g/mol. The molecule has 3 heterocycles. The van der Waals surface area contributed by atoms with E-state index in [9.17, 15) is 8.42 Å². The van der Waals surface area contributed by atoms with Crippen molar-refractivity contribution in [3.8, 4) is 0 Å². The van der Waals surface area contributed by atoms with Gasteiger partial charge in [0.05, 0.1) is 18.0 Å². The normalized spacial score (nSPS) is 19.0. The van der Waals surface area contributed by atoms with Gasteiger partial charge in [-0.2, -0.15) is 0 Å². The van der Waals surface area contributed by atoms with E-state index < -0.39 is 10.0 Å². The predicted molar refractivity (Wildman–Crippen MR) is 123 cm³/mol. The maximum Gasteiger partial charge on any atom is 0.229 e. The van der Waals surface area contributed by atoms with E-state index in [0.717, 1.165) is 29.0 Å². The summed E-state index contributed by atoms with van der Waals surface area (Å²) in [5, 5.41) is 4.02. The van der Waals surface area contributed by atoms with Crippen LogP contribution in [0, 0.1) is 6.92 Å². The summed E-state index contributed by atoms with van der Waals surface area (Å²) in [6.07, 6.45) is 2.91. The van der Waals surface area contributed by atoms with Crippen LogP contribution in [0.2, 0.25) is 0 Å². The molecule has 1 aromatic carbocycles. The highest BCUT2D eigenvalue weighted by Gasteiger charge is 2.41. The Labute approximate surface area is 181 Å². The van der Waals surface area contributed by atoms with E-state index in [1.165, 1.54) is 0 Å². The molecule has 4 rings (SSSR count). The summed E-state index contributed by atoms with van der Waals surface area (Å²) >= 11 is 5.71. The molecule has 0 amide bonds. The van der Waals surface area contributed by atoms with Crippen molar-refractivity contribution in [2.45, 2.75) is 19.0 Å². The van der Waals surface area contributed by atoms with Crippen LogP contribution in [0.25, 0.3) is 0 Å². The summed E-state index contributed by atoms with van der Waals surface area (Å²) in [7, 11) is -1.29. The van der Waals surface area contributed by atoms with Gasteiger partial charge >= 0.3 is 0 Å². The van der Waals surface area contributed by atoms with Crippen LogP contribution in [0.4, 0.5) is 11.4 Å². The minimum Gasteiger partial charge on any atom is -0.351 e. The standard InChI is InChI=1S/C21H23N5O2S2/c1-14-7-12-18(25(14)2)20-19(17-6-4-5-13-22-17)23-21(29)26(20)16-10-8-15(9-11-16)24-30(3,27)28/h4-13,19-20,24H,1-3H3,(H,23,29)/t19-,20+/m0/s1. The van der Waals surface area contributed by atoms with Gasteiger partial charge in [-0.25, -0.2) is 8.42 Å². The SMILES string of the molecule is Cc1ccc([C@@H]2[C@H](c3ccccn3)NC(=S)N2c2ccc(NS(C)(=O)=O)cc2)n1C. The zero-order valence-electron chi connectivity index (χ0n) is 16.9. The van der Waals surface area contributed by atoms with Crippen molar-refractivity contribution >= 4 is 38.7 Å². The van der Waals surface area contributed by atoms with Crippen molar-refractivity contribution in [1.82, 2.24) is 14.9 Å². The van der Waals surface area contributed by atoms with Crippen molar-refractivity contribution < 1.29 is 8.42 Å². The van der Waals surface area contributed by atoms with E-state index in [1.54, 1.807) is 18.3 Å². The Hall–Kier alpha value is -2.91. The van der Waals surface area contributed by atoms with Gasteiger partial charge in [0.15, 0.2) is 5.11 Å². The van der Waals surface area contributed by atoms with E-state index in [-0.39, 0.29) is 12.1 Å². The largest absolute Gasteiger partial charge is 0.351 e. The number of benzene rings is 1. The van der Waals surface area contributed by atoms with Crippen LogP contribution in [-0.4, -0.2) is 29.3 Å². The molecule has 9 heteroatoms. The Balaban J connectivity index is 1.77. The molecule has 0 aliphatic carbocycles. The summed E-state index contributed by atoms with van der Waals surface area (Å²) in [6.45, 7) is 2.07. The molecule has 0 radical (unpaired) electrons. The highest BCUT2D eigenvalue weighted by atomic mass is 32.2. The average Bonchev–Trinajstić information content (AvgIpc) is 3.21. The minimum absolute atomic E-state index is 0.111. The van der Waals surface area contributed by atoms with Crippen molar-refractivity contribution in [3.63, 3.8) is 0 Å². The Morgan fingerprint density at radius 1 is 1.10 bits per heavy atom. The maximum absolute atomic E-state index is 11.5. The molecule has 0 unspecified atom stereocenters. The number of hydrogen-bond donors (Lipinski definition) is 2. The Bertz CT molecular complexity index is 1170. The van der Waals surface area contributed by atoms with E-state index >= 15 is 0 Å². The van der Waals surface area contributed by atoms with Crippen molar-refractivity contribution in [2.24, 2.45) is 7.05 Å². The number of aryl methyl sites for hydroxylation is 1. The highest BCUT2D eigenvalue weighted by molar-refractivity contribution is 7.92.